The van der Waals surface area contributed by atoms with E-state index >= 15 is 0 Å². The summed E-state index contributed by atoms with van der Waals surface area (Å²) in [5.41, 5.74) is 2.82. The summed E-state index contributed by atoms with van der Waals surface area (Å²) in [5.74, 6) is 0.283. The van der Waals surface area contributed by atoms with Crippen molar-refractivity contribution in [1.29, 1.82) is 0 Å². The summed E-state index contributed by atoms with van der Waals surface area (Å²) < 4.78 is 11.3. The first-order chi connectivity index (χ1) is 14.2. The molecule has 1 N–H and O–H groups in total. The molecule has 0 unspecified atom stereocenters. The van der Waals surface area contributed by atoms with Gasteiger partial charge in [0, 0.05) is 11.6 Å². The molecular formula is C25H24O4. The predicted molar refractivity (Wildman–Crippen MR) is 115 cm³/mol. The second-order valence-corrected chi connectivity index (χ2v) is 6.57. The summed E-state index contributed by atoms with van der Waals surface area (Å²) >= 11 is 0. The van der Waals surface area contributed by atoms with Gasteiger partial charge in [0.1, 0.15) is 11.5 Å². The van der Waals surface area contributed by atoms with Crippen LogP contribution in [0.3, 0.4) is 0 Å². The van der Waals surface area contributed by atoms with Crippen molar-refractivity contribution in [2.75, 3.05) is 13.7 Å². The Morgan fingerprint density at radius 2 is 1.66 bits per heavy atom. The van der Waals surface area contributed by atoms with E-state index in [4.69, 9.17) is 9.47 Å². The number of carboxylic acids is 1. The minimum Gasteiger partial charge on any atom is -0.497 e. The van der Waals surface area contributed by atoms with E-state index in [-0.39, 0.29) is 5.57 Å². The van der Waals surface area contributed by atoms with Gasteiger partial charge >= 0.3 is 5.97 Å². The van der Waals surface area contributed by atoms with Gasteiger partial charge in [0.25, 0.3) is 0 Å². The fraction of sp³-hybridized carbons (Fsp3) is 0.160. The van der Waals surface area contributed by atoms with Gasteiger partial charge in [0.15, 0.2) is 0 Å². The quantitative estimate of drug-likeness (QED) is 0.306. The first kappa shape index (κ1) is 20.2. The molecule has 29 heavy (non-hydrogen) atoms. The zero-order valence-electron chi connectivity index (χ0n) is 16.4. The topological polar surface area (TPSA) is 55.8 Å². The van der Waals surface area contributed by atoms with Crippen LogP contribution in [0.4, 0.5) is 0 Å². The van der Waals surface area contributed by atoms with E-state index in [1.807, 2.05) is 42.5 Å². The average Bonchev–Trinajstić information content (AvgIpc) is 2.76. The lowest BCUT2D eigenvalue weighted by molar-refractivity contribution is -0.130. The number of rotatable bonds is 9. The summed E-state index contributed by atoms with van der Waals surface area (Å²) in [4.78, 5) is 11.8. The Hall–Kier alpha value is -3.53. The van der Waals surface area contributed by atoms with Crippen molar-refractivity contribution < 1.29 is 19.4 Å². The van der Waals surface area contributed by atoms with Gasteiger partial charge in [0.05, 0.1) is 19.3 Å². The Bertz CT molecular complexity index is 963. The molecule has 0 aliphatic rings. The maximum Gasteiger partial charge on any atom is 0.336 e. The Balaban J connectivity index is 1.80. The number of hydrogen-bond donors (Lipinski definition) is 1. The molecule has 0 spiro atoms. The first-order valence-corrected chi connectivity index (χ1v) is 9.52. The molecule has 3 aromatic carbocycles. The van der Waals surface area contributed by atoms with Crippen LogP contribution >= 0.6 is 0 Å². The summed E-state index contributed by atoms with van der Waals surface area (Å²) in [6.45, 7) is 0.524. The highest BCUT2D eigenvalue weighted by atomic mass is 16.5. The van der Waals surface area contributed by atoms with Crippen LogP contribution in [0.1, 0.15) is 23.1 Å². The molecule has 3 aromatic rings. The largest absolute Gasteiger partial charge is 0.497 e. The Morgan fingerprint density at radius 1 is 0.966 bits per heavy atom. The van der Waals surface area contributed by atoms with Crippen LogP contribution in [-0.4, -0.2) is 24.8 Å². The van der Waals surface area contributed by atoms with Gasteiger partial charge < -0.3 is 14.6 Å². The van der Waals surface area contributed by atoms with Crippen LogP contribution in [0.5, 0.6) is 11.5 Å². The predicted octanol–water partition coefficient (Wildman–Crippen LogP) is 5.33. The Kier molecular flexibility index (Phi) is 7.06. The molecule has 0 heterocycles. The zero-order chi connectivity index (χ0) is 20.5. The third-order valence-electron chi connectivity index (χ3n) is 4.55. The standard InChI is InChI=1S/C25H24O4/c1-28-22-15-14-21(17-23(25(26)27)20-12-6-3-7-13-20)24(18-22)29-16-8-11-19-9-4-2-5-10-19/h2-7,9-10,12-15,17-18H,8,11,16H2,1H3,(H,26,27)/b23-17-. The number of benzene rings is 3. The highest BCUT2D eigenvalue weighted by molar-refractivity contribution is 6.20. The van der Waals surface area contributed by atoms with Crippen LogP contribution in [0.2, 0.25) is 0 Å². The molecule has 0 atom stereocenters. The van der Waals surface area contributed by atoms with E-state index in [0.717, 1.165) is 12.8 Å². The molecule has 4 heteroatoms. The van der Waals surface area contributed by atoms with Crippen LogP contribution in [-0.2, 0) is 11.2 Å². The van der Waals surface area contributed by atoms with Gasteiger partial charge in [-0.1, -0.05) is 60.7 Å². The fourth-order valence-corrected chi connectivity index (χ4v) is 3.03. The van der Waals surface area contributed by atoms with Gasteiger partial charge in [-0.15, -0.1) is 0 Å². The third kappa shape index (κ3) is 5.72. The molecular weight excluding hydrogens is 364 g/mol. The second kappa shape index (κ2) is 10.1. The molecule has 0 fully saturated rings. The summed E-state index contributed by atoms with van der Waals surface area (Å²) in [7, 11) is 1.59. The molecule has 0 radical (unpaired) electrons. The van der Waals surface area contributed by atoms with Crippen molar-refractivity contribution >= 4 is 17.6 Å². The van der Waals surface area contributed by atoms with Gasteiger partial charge in [-0.05, 0) is 42.2 Å². The maximum absolute atomic E-state index is 11.8. The maximum atomic E-state index is 11.8. The molecule has 0 aliphatic carbocycles. The van der Waals surface area contributed by atoms with E-state index in [1.54, 1.807) is 37.5 Å². The second-order valence-electron chi connectivity index (χ2n) is 6.57. The number of carbonyl (C=O) groups is 1. The normalized spacial score (nSPS) is 11.1. The van der Waals surface area contributed by atoms with Crippen LogP contribution < -0.4 is 9.47 Å². The molecule has 0 saturated carbocycles. The smallest absolute Gasteiger partial charge is 0.336 e. The Labute approximate surface area is 171 Å². The molecule has 4 nitrogen and oxygen atoms in total. The van der Waals surface area contributed by atoms with Crippen molar-refractivity contribution in [2.45, 2.75) is 12.8 Å². The SMILES string of the molecule is COc1ccc(/C=C(\C(=O)O)c2ccccc2)c(OCCCc2ccccc2)c1. The minimum absolute atomic E-state index is 0.213. The molecule has 0 amide bonds. The van der Waals surface area contributed by atoms with Crippen molar-refractivity contribution in [3.63, 3.8) is 0 Å². The average molecular weight is 388 g/mol. The van der Waals surface area contributed by atoms with Crippen molar-refractivity contribution in [3.8, 4) is 11.5 Å². The third-order valence-corrected chi connectivity index (χ3v) is 4.55. The fourth-order valence-electron chi connectivity index (χ4n) is 3.03. The van der Waals surface area contributed by atoms with E-state index in [0.29, 0.717) is 29.2 Å². The van der Waals surface area contributed by atoms with E-state index in [9.17, 15) is 9.90 Å². The number of hydrogen-bond acceptors (Lipinski definition) is 3. The van der Waals surface area contributed by atoms with Crippen molar-refractivity contribution in [3.05, 3.63) is 95.6 Å². The van der Waals surface area contributed by atoms with Gasteiger partial charge in [-0.2, -0.15) is 0 Å². The van der Waals surface area contributed by atoms with Gasteiger partial charge in [-0.3, -0.25) is 0 Å². The lowest BCUT2D eigenvalue weighted by Crippen LogP contribution is -2.03. The summed E-state index contributed by atoms with van der Waals surface area (Å²) in [6.07, 6.45) is 3.42. The molecule has 0 saturated heterocycles. The van der Waals surface area contributed by atoms with Gasteiger partial charge in [0.2, 0.25) is 0 Å². The molecule has 0 bridgehead atoms. The number of carboxylic acid groups (broad SMARTS) is 1. The summed E-state index contributed by atoms with van der Waals surface area (Å²) in [5, 5.41) is 9.69. The minimum atomic E-state index is -0.984. The van der Waals surface area contributed by atoms with Crippen LogP contribution in [0, 0.1) is 0 Å². The van der Waals surface area contributed by atoms with E-state index in [2.05, 4.69) is 12.1 Å². The molecule has 148 valence electrons. The van der Waals surface area contributed by atoms with Crippen LogP contribution in [0.25, 0.3) is 11.6 Å². The first-order valence-electron chi connectivity index (χ1n) is 9.52. The lowest BCUT2D eigenvalue weighted by Gasteiger charge is -2.12. The van der Waals surface area contributed by atoms with E-state index in [1.165, 1.54) is 5.56 Å². The van der Waals surface area contributed by atoms with E-state index < -0.39 is 5.97 Å². The summed E-state index contributed by atoms with van der Waals surface area (Å²) in [6, 6.07) is 24.7. The molecule has 0 aliphatic heterocycles. The van der Waals surface area contributed by atoms with Crippen molar-refractivity contribution in [1.82, 2.24) is 0 Å². The highest BCUT2D eigenvalue weighted by Crippen LogP contribution is 2.29. The lowest BCUT2D eigenvalue weighted by atomic mass is 10.0. The zero-order valence-corrected chi connectivity index (χ0v) is 16.4. The number of ether oxygens (including phenoxy) is 2. The number of aliphatic carboxylic acids is 1. The monoisotopic (exact) mass is 388 g/mol. The Morgan fingerprint density at radius 3 is 2.31 bits per heavy atom. The number of aryl methyl sites for hydroxylation is 1. The highest BCUT2D eigenvalue weighted by Gasteiger charge is 2.13. The van der Waals surface area contributed by atoms with Crippen LogP contribution in [0.15, 0.2) is 78.9 Å². The number of methoxy groups -OCH3 is 1. The van der Waals surface area contributed by atoms with Gasteiger partial charge in [-0.25, -0.2) is 4.79 Å². The molecule has 0 aromatic heterocycles. The van der Waals surface area contributed by atoms with Crippen molar-refractivity contribution in [2.24, 2.45) is 0 Å². The molecule has 3 rings (SSSR count).